The van der Waals surface area contributed by atoms with Crippen molar-refractivity contribution >= 4 is 40.5 Å². The highest BCUT2D eigenvalue weighted by Gasteiger charge is 2.34. The van der Waals surface area contributed by atoms with Crippen LogP contribution in [0.3, 0.4) is 0 Å². The molecule has 0 aliphatic carbocycles. The summed E-state index contributed by atoms with van der Waals surface area (Å²) in [7, 11) is 1.76. The van der Waals surface area contributed by atoms with Crippen LogP contribution < -0.4 is 10.6 Å². The van der Waals surface area contributed by atoms with Gasteiger partial charge in [-0.2, -0.15) is 0 Å². The molecule has 1 rings (SSSR count). The molecule has 0 fully saturated rings. The number of anilines is 2. The lowest BCUT2D eigenvalue weighted by Gasteiger charge is -2.18. The largest absolute Gasteiger partial charge is 0.465 e. The van der Waals surface area contributed by atoms with Crippen LogP contribution in [0.15, 0.2) is 24.3 Å². The summed E-state index contributed by atoms with van der Waals surface area (Å²) in [4.78, 5) is 24.0. The molecule has 6 nitrogen and oxygen atoms in total. The van der Waals surface area contributed by atoms with Gasteiger partial charge in [0.25, 0.3) is 0 Å². The summed E-state index contributed by atoms with van der Waals surface area (Å²) in [6, 6.07) is 7.30. The van der Waals surface area contributed by atoms with Crippen molar-refractivity contribution in [2.45, 2.75) is 13.8 Å². The Morgan fingerprint density at radius 1 is 1.09 bits per heavy atom. The fourth-order valence-corrected chi connectivity index (χ4v) is 2.08. The molecule has 0 radical (unpaired) electrons. The molecule has 2 N–H and O–H groups in total. The zero-order valence-corrected chi connectivity index (χ0v) is 13.7. The summed E-state index contributed by atoms with van der Waals surface area (Å²) in [5.74, 6) is -2.72. The van der Waals surface area contributed by atoms with E-state index >= 15 is 0 Å². The predicted molar refractivity (Wildman–Crippen MR) is 89.0 cm³/mol. The smallest absolute Gasteiger partial charge is 0.327 e. The van der Waals surface area contributed by atoms with Crippen LogP contribution in [-0.4, -0.2) is 37.2 Å². The first-order valence-electron chi connectivity index (χ1n) is 6.96. The van der Waals surface area contributed by atoms with Crippen molar-refractivity contribution in [2.75, 3.05) is 30.9 Å². The van der Waals surface area contributed by atoms with E-state index in [9.17, 15) is 9.59 Å². The van der Waals surface area contributed by atoms with Crippen molar-refractivity contribution in [3.05, 3.63) is 24.3 Å². The summed E-state index contributed by atoms with van der Waals surface area (Å²) in [6.07, 6.45) is 0. The summed E-state index contributed by atoms with van der Waals surface area (Å²) < 4.78 is 9.81. The highest BCUT2D eigenvalue weighted by molar-refractivity contribution is 7.80. The van der Waals surface area contributed by atoms with Gasteiger partial charge in [0.2, 0.25) is 5.92 Å². The van der Waals surface area contributed by atoms with Crippen molar-refractivity contribution in [1.29, 1.82) is 0 Å². The van der Waals surface area contributed by atoms with Gasteiger partial charge in [0.05, 0.1) is 24.6 Å². The van der Waals surface area contributed by atoms with Gasteiger partial charge in [-0.25, -0.2) is 0 Å². The van der Waals surface area contributed by atoms with E-state index in [-0.39, 0.29) is 18.2 Å². The van der Waals surface area contributed by atoms with E-state index in [4.69, 9.17) is 21.7 Å². The predicted octanol–water partition coefficient (Wildman–Crippen LogP) is 2.21. The summed E-state index contributed by atoms with van der Waals surface area (Å²) in [6.45, 7) is 3.63. The number of hydrogen-bond donors (Lipinski definition) is 2. The third-order valence-electron chi connectivity index (χ3n) is 2.76. The third kappa shape index (κ3) is 4.70. The standard InChI is InChI=1S/C15H20N2O4S/c1-4-20-14(18)12(15(19)21-5-2)13(22)17-11-9-7-6-8-10(11)16-3/h6-9,12,16H,4-5H2,1-3H3,(H,17,22). The highest BCUT2D eigenvalue weighted by Crippen LogP contribution is 2.22. The van der Waals surface area contributed by atoms with Gasteiger partial charge < -0.3 is 20.1 Å². The van der Waals surface area contributed by atoms with Gasteiger partial charge in [0.15, 0.2) is 0 Å². The van der Waals surface area contributed by atoms with Gasteiger partial charge in [-0.3, -0.25) is 9.59 Å². The molecule has 0 bridgehead atoms. The average molecular weight is 324 g/mol. The molecule has 7 heteroatoms. The Labute approximate surface area is 135 Å². The number of ether oxygens (including phenoxy) is 2. The molecule has 22 heavy (non-hydrogen) atoms. The Kier molecular flexibility index (Phi) is 7.31. The minimum atomic E-state index is -1.28. The Morgan fingerprint density at radius 3 is 2.05 bits per heavy atom. The van der Waals surface area contributed by atoms with Crippen molar-refractivity contribution < 1.29 is 19.1 Å². The molecular weight excluding hydrogens is 304 g/mol. The van der Waals surface area contributed by atoms with Crippen LogP contribution in [0, 0.1) is 5.92 Å². The molecule has 0 amide bonds. The van der Waals surface area contributed by atoms with Crippen LogP contribution in [0.1, 0.15) is 13.8 Å². The van der Waals surface area contributed by atoms with E-state index in [1.807, 2.05) is 18.2 Å². The van der Waals surface area contributed by atoms with Crippen LogP contribution in [0.2, 0.25) is 0 Å². The van der Waals surface area contributed by atoms with Crippen molar-refractivity contribution in [2.24, 2.45) is 5.92 Å². The lowest BCUT2D eigenvalue weighted by Crippen LogP contribution is -2.37. The van der Waals surface area contributed by atoms with Gasteiger partial charge in [0.1, 0.15) is 4.99 Å². The number of esters is 2. The number of para-hydroxylation sites is 2. The average Bonchev–Trinajstić information content (AvgIpc) is 2.48. The molecule has 1 aromatic carbocycles. The topological polar surface area (TPSA) is 76.7 Å². The molecule has 0 saturated heterocycles. The molecule has 0 spiro atoms. The number of carbonyl (C=O) groups excluding carboxylic acids is 2. The Balaban J connectivity index is 2.96. The maximum Gasteiger partial charge on any atom is 0.327 e. The molecule has 0 saturated carbocycles. The van der Waals surface area contributed by atoms with E-state index in [1.165, 1.54) is 0 Å². The van der Waals surface area contributed by atoms with Crippen molar-refractivity contribution in [3.8, 4) is 0 Å². The van der Waals surface area contributed by atoms with Crippen LogP contribution in [-0.2, 0) is 19.1 Å². The monoisotopic (exact) mass is 324 g/mol. The minimum absolute atomic E-state index is 0.0413. The Bertz CT molecular complexity index is 530. The number of carbonyl (C=O) groups is 2. The maximum atomic E-state index is 12.0. The second-order valence-electron chi connectivity index (χ2n) is 4.22. The van der Waals surface area contributed by atoms with Gasteiger partial charge in [0, 0.05) is 7.05 Å². The molecule has 0 unspecified atom stereocenters. The first-order valence-corrected chi connectivity index (χ1v) is 7.36. The molecule has 0 aromatic heterocycles. The molecule has 0 heterocycles. The SMILES string of the molecule is CCOC(=O)C(C(=O)OCC)C(=S)Nc1ccccc1NC. The van der Waals surface area contributed by atoms with Gasteiger partial charge >= 0.3 is 11.9 Å². The molecule has 0 aliphatic heterocycles. The normalized spacial score (nSPS) is 10.0. The second kappa shape index (κ2) is 8.99. The van der Waals surface area contributed by atoms with Gasteiger partial charge in [-0.1, -0.05) is 24.4 Å². The minimum Gasteiger partial charge on any atom is -0.465 e. The number of rotatable bonds is 7. The van der Waals surface area contributed by atoms with Crippen LogP contribution in [0.4, 0.5) is 11.4 Å². The number of thiocarbonyl (C=S) groups is 1. The van der Waals surface area contributed by atoms with Crippen molar-refractivity contribution in [1.82, 2.24) is 0 Å². The maximum absolute atomic E-state index is 12.0. The molecule has 0 atom stereocenters. The molecule has 0 aliphatic rings. The highest BCUT2D eigenvalue weighted by atomic mass is 32.1. The molecule has 1 aromatic rings. The van der Waals surface area contributed by atoms with E-state index in [0.29, 0.717) is 5.69 Å². The quantitative estimate of drug-likeness (QED) is 0.452. The lowest BCUT2D eigenvalue weighted by atomic mass is 10.1. The van der Waals surface area contributed by atoms with Gasteiger partial charge in [-0.15, -0.1) is 0 Å². The van der Waals surface area contributed by atoms with Crippen LogP contribution in [0.5, 0.6) is 0 Å². The summed E-state index contributed by atoms with van der Waals surface area (Å²) in [5, 5.41) is 5.90. The first-order chi connectivity index (χ1) is 10.5. The fraction of sp³-hybridized carbons (Fsp3) is 0.400. The van der Waals surface area contributed by atoms with E-state index < -0.39 is 17.9 Å². The third-order valence-corrected chi connectivity index (χ3v) is 3.10. The first kappa shape index (κ1) is 17.9. The number of hydrogen-bond acceptors (Lipinski definition) is 6. The lowest BCUT2D eigenvalue weighted by molar-refractivity contribution is -0.157. The second-order valence-corrected chi connectivity index (χ2v) is 4.66. The van der Waals surface area contributed by atoms with E-state index in [1.54, 1.807) is 27.0 Å². The van der Waals surface area contributed by atoms with E-state index in [2.05, 4.69) is 10.6 Å². The van der Waals surface area contributed by atoms with Gasteiger partial charge in [-0.05, 0) is 26.0 Å². The zero-order chi connectivity index (χ0) is 16.5. The van der Waals surface area contributed by atoms with Crippen LogP contribution in [0.25, 0.3) is 0 Å². The number of nitrogens with one attached hydrogen (secondary N) is 2. The number of benzene rings is 1. The van der Waals surface area contributed by atoms with Crippen molar-refractivity contribution in [3.63, 3.8) is 0 Å². The molecule has 120 valence electrons. The van der Waals surface area contributed by atoms with E-state index in [0.717, 1.165) is 5.69 Å². The Morgan fingerprint density at radius 2 is 1.59 bits per heavy atom. The van der Waals surface area contributed by atoms with Crippen LogP contribution >= 0.6 is 12.2 Å². The zero-order valence-electron chi connectivity index (χ0n) is 12.8. The fourth-order valence-electron chi connectivity index (χ4n) is 1.78. The Hall–Kier alpha value is -2.15. The summed E-state index contributed by atoms with van der Waals surface area (Å²) in [5.41, 5.74) is 1.45. The summed E-state index contributed by atoms with van der Waals surface area (Å²) >= 11 is 5.21. The molecular formula is C15H20N2O4S.